The summed E-state index contributed by atoms with van der Waals surface area (Å²) in [6.45, 7) is 3.89. The van der Waals surface area contributed by atoms with E-state index in [0.29, 0.717) is 6.04 Å². The molecule has 1 fully saturated rings. The van der Waals surface area contributed by atoms with E-state index in [4.69, 9.17) is 0 Å². The maximum atomic E-state index is 9.43. The fourth-order valence-electron chi connectivity index (χ4n) is 1.93. The van der Waals surface area contributed by atoms with Crippen molar-refractivity contribution in [1.29, 1.82) is 0 Å². The van der Waals surface area contributed by atoms with E-state index in [9.17, 15) is 5.11 Å². The Morgan fingerprint density at radius 3 is 3.00 bits per heavy atom. The number of pyridine rings is 1. The first-order valence-corrected chi connectivity index (χ1v) is 5.10. The van der Waals surface area contributed by atoms with Gasteiger partial charge < -0.3 is 5.11 Å². The lowest BCUT2D eigenvalue weighted by molar-refractivity contribution is 0.162. The Morgan fingerprint density at radius 1 is 1.57 bits per heavy atom. The van der Waals surface area contributed by atoms with Crippen molar-refractivity contribution in [2.24, 2.45) is 0 Å². The van der Waals surface area contributed by atoms with Gasteiger partial charge in [-0.2, -0.15) is 0 Å². The van der Waals surface area contributed by atoms with Gasteiger partial charge in [0.05, 0.1) is 11.8 Å². The number of β-amino-alcohol motifs (C(OH)–C–C–N with tert-alkyl or cyclic N) is 1. The van der Waals surface area contributed by atoms with Crippen LogP contribution in [0.1, 0.15) is 25.1 Å². The predicted molar refractivity (Wildman–Crippen MR) is 54.8 cm³/mol. The monoisotopic (exact) mass is 192 g/mol. The zero-order valence-corrected chi connectivity index (χ0v) is 8.43. The molecule has 14 heavy (non-hydrogen) atoms. The van der Waals surface area contributed by atoms with Crippen molar-refractivity contribution in [1.82, 2.24) is 9.88 Å². The van der Waals surface area contributed by atoms with Crippen LogP contribution in [0.2, 0.25) is 0 Å². The summed E-state index contributed by atoms with van der Waals surface area (Å²) in [5.74, 6) is 0. The number of hydrogen-bond acceptors (Lipinski definition) is 3. The van der Waals surface area contributed by atoms with Crippen LogP contribution in [0.25, 0.3) is 0 Å². The number of nitrogens with zero attached hydrogens (tertiary/aromatic N) is 2. The molecular weight excluding hydrogens is 176 g/mol. The standard InChI is InChI=1S/C11H16N2O/c1-9(11-4-2-3-6-12-11)13-7-5-10(14)8-13/h2-4,6,9-10,14H,5,7-8H2,1H3/t9?,10-/m0/s1. The third-order valence-electron chi connectivity index (χ3n) is 2.86. The molecule has 0 saturated carbocycles. The largest absolute Gasteiger partial charge is 0.392 e. The molecule has 0 bridgehead atoms. The second kappa shape index (κ2) is 4.07. The van der Waals surface area contributed by atoms with Crippen molar-refractivity contribution in [3.05, 3.63) is 30.1 Å². The van der Waals surface area contributed by atoms with E-state index in [0.717, 1.165) is 25.2 Å². The molecule has 1 aliphatic heterocycles. The Kier molecular flexibility index (Phi) is 2.79. The van der Waals surface area contributed by atoms with E-state index in [-0.39, 0.29) is 6.10 Å². The highest BCUT2D eigenvalue weighted by molar-refractivity contribution is 5.08. The van der Waals surface area contributed by atoms with Gasteiger partial charge in [0.15, 0.2) is 0 Å². The second-order valence-electron chi connectivity index (χ2n) is 3.87. The summed E-state index contributed by atoms with van der Waals surface area (Å²) in [6.07, 6.45) is 2.55. The molecule has 0 amide bonds. The van der Waals surface area contributed by atoms with Crippen LogP contribution in [0.4, 0.5) is 0 Å². The van der Waals surface area contributed by atoms with Crippen LogP contribution in [0.15, 0.2) is 24.4 Å². The molecule has 0 spiro atoms. The van der Waals surface area contributed by atoms with Gasteiger partial charge in [-0.05, 0) is 25.5 Å². The maximum absolute atomic E-state index is 9.43. The van der Waals surface area contributed by atoms with Gasteiger partial charge in [-0.3, -0.25) is 9.88 Å². The zero-order chi connectivity index (χ0) is 9.97. The van der Waals surface area contributed by atoms with E-state index in [1.807, 2.05) is 24.4 Å². The molecule has 1 aromatic heterocycles. The minimum atomic E-state index is -0.152. The molecule has 2 atom stereocenters. The number of rotatable bonds is 2. The van der Waals surface area contributed by atoms with Crippen molar-refractivity contribution in [2.75, 3.05) is 13.1 Å². The van der Waals surface area contributed by atoms with E-state index in [1.165, 1.54) is 0 Å². The molecule has 1 unspecified atom stereocenters. The van der Waals surface area contributed by atoms with Crippen LogP contribution in [0.5, 0.6) is 0 Å². The average Bonchev–Trinajstić information content (AvgIpc) is 2.65. The maximum Gasteiger partial charge on any atom is 0.0679 e. The van der Waals surface area contributed by atoms with Gasteiger partial charge in [0.1, 0.15) is 0 Å². The highest BCUT2D eigenvalue weighted by Gasteiger charge is 2.25. The van der Waals surface area contributed by atoms with Crippen molar-refractivity contribution in [3.63, 3.8) is 0 Å². The van der Waals surface area contributed by atoms with E-state index in [2.05, 4.69) is 16.8 Å². The fraction of sp³-hybridized carbons (Fsp3) is 0.545. The summed E-state index contributed by atoms with van der Waals surface area (Å²) < 4.78 is 0. The minimum Gasteiger partial charge on any atom is -0.392 e. The van der Waals surface area contributed by atoms with Crippen molar-refractivity contribution >= 4 is 0 Å². The van der Waals surface area contributed by atoms with Crippen LogP contribution in [-0.2, 0) is 0 Å². The number of hydrogen-bond donors (Lipinski definition) is 1. The molecule has 1 aromatic rings. The first kappa shape index (κ1) is 9.62. The summed E-state index contributed by atoms with van der Waals surface area (Å²) in [4.78, 5) is 6.60. The van der Waals surface area contributed by atoms with Gasteiger partial charge in [-0.1, -0.05) is 6.07 Å². The molecule has 76 valence electrons. The topological polar surface area (TPSA) is 36.4 Å². The summed E-state index contributed by atoms with van der Waals surface area (Å²) in [7, 11) is 0. The SMILES string of the molecule is CC(c1ccccn1)N1CC[C@H](O)C1. The Bertz CT molecular complexity index is 289. The smallest absolute Gasteiger partial charge is 0.0679 e. The molecule has 3 heteroatoms. The molecular formula is C11H16N2O. The Morgan fingerprint density at radius 2 is 2.43 bits per heavy atom. The molecule has 2 heterocycles. The lowest BCUT2D eigenvalue weighted by Gasteiger charge is -2.22. The lowest BCUT2D eigenvalue weighted by Crippen LogP contribution is -2.26. The first-order chi connectivity index (χ1) is 6.77. The summed E-state index contributed by atoms with van der Waals surface area (Å²) in [6, 6.07) is 6.28. The Hall–Kier alpha value is -0.930. The van der Waals surface area contributed by atoms with Gasteiger partial charge in [-0.15, -0.1) is 0 Å². The van der Waals surface area contributed by atoms with Crippen LogP contribution in [0.3, 0.4) is 0 Å². The third kappa shape index (κ3) is 1.94. The molecule has 3 nitrogen and oxygen atoms in total. The molecule has 1 saturated heterocycles. The number of likely N-dealkylation sites (tertiary alicyclic amines) is 1. The van der Waals surface area contributed by atoms with Crippen LogP contribution in [-0.4, -0.2) is 34.2 Å². The lowest BCUT2D eigenvalue weighted by atomic mass is 10.2. The first-order valence-electron chi connectivity index (χ1n) is 5.10. The number of aliphatic hydroxyl groups is 1. The molecule has 0 radical (unpaired) electrons. The van der Waals surface area contributed by atoms with Crippen molar-refractivity contribution in [3.8, 4) is 0 Å². The quantitative estimate of drug-likeness (QED) is 0.765. The molecule has 0 aliphatic carbocycles. The van der Waals surface area contributed by atoms with Crippen LogP contribution in [0, 0.1) is 0 Å². The summed E-state index contributed by atoms with van der Waals surface area (Å²) in [5, 5.41) is 9.43. The second-order valence-corrected chi connectivity index (χ2v) is 3.87. The summed E-state index contributed by atoms with van der Waals surface area (Å²) in [5.41, 5.74) is 1.08. The van der Waals surface area contributed by atoms with E-state index >= 15 is 0 Å². The highest BCUT2D eigenvalue weighted by atomic mass is 16.3. The van der Waals surface area contributed by atoms with Crippen molar-refractivity contribution < 1.29 is 5.11 Å². The third-order valence-corrected chi connectivity index (χ3v) is 2.86. The van der Waals surface area contributed by atoms with Gasteiger partial charge in [-0.25, -0.2) is 0 Å². The summed E-state index contributed by atoms with van der Waals surface area (Å²) >= 11 is 0. The zero-order valence-electron chi connectivity index (χ0n) is 8.43. The van der Waals surface area contributed by atoms with Gasteiger partial charge in [0, 0.05) is 25.3 Å². The fourth-order valence-corrected chi connectivity index (χ4v) is 1.93. The average molecular weight is 192 g/mol. The van der Waals surface area contributed by atoms with Gasteiger partial charge in [0.25, 0.3) is 0 Å². The molecule has 1 aliphatic rings. The molecule has 0 aromatic carbocycles. The number of aromatic nitrogens is 1. The Labute approximate surface area is 84.4 Å². The Balaban J connectivity index is 2.05. The van der Waals surface area contributed by atoms with Gasteiger partial charge >= 0.3 is 0 Å². The van der Waals surface area contributed by atoms with Crippen LogP contribution < -0.4 is 0 Å². The normalized spacial score (nSPS) is 25.1. The van der Waals surface area contributed by atoms with E-state index in [1.54, 1.807) is 0 Å². The molecule has 2 rings (SSSR count). The van der Waals surface area contributed by atoms with Gasteiger partial charge in [0.2, 0.25) is 0 Å². The van der Waals surface area contributed by atoms with Crippen LogP contribution >= 0.6 is 0 Å². The predicted octanol–water partition coefficient (Wildman–Crippen LogP) is 1.21. The van der Waals surface area contributed by atoms with Crippen molar-refractivity contribution in [2.45, 2.75) is 25.5 Å². The molecule has 1 N–H and O–H groups in total. The minimum absolute atomic E-state index is 0.152. The highest BCUT2D eigenvalue weighted by Crippen LogP contribution is 2.22. The number of aliphatic hydroxyl groups excluding tert-OH is 1. The van der Waals surface area contributed by atoms with E-state index < -0.39 is 0 Å².